The Labute approximate surface area is 130 Å². The molecule has 0 aromatic heterocycles. The summed E-state index contributed by atoms with van der Waals surface area (Å²) in [6.07, 6.45) is 1.71. The van der Waals surface area contributed by atoms with Gasteiger partial charge in [-0.25, -0.2) is 0 Å². The predicted octanol–water partition coefficient (Wildman–Crippen LogP) is 1.98. The number of benzene rings is 1. The van der Waals surface area contributed by atoms with Crippen molar-refractivity contribution in [2.24, 2.45) is 0 Å². The van der Waals surface area contributed by atoms with E-state index in [9.17, 15) is 0 Å². The Morgan fingerprint density at radius 1 is 1.18 bits per heavy atom. The van der Waals surface area contributed by atoms with E-state index in [2.05, 4.69) is 12.2 Å². The van der Waals surface area contributed by atoms with Crippen LogP contribution in [-0.2, 0) is 18.9 Å². The number of hydrogen-bond acceptors (Lipinski definition) is 5. The molecule has 4 rings (SSSR count). The predicted molar refractivity (Wildman–Crippen MR) is 80.2 cm³/mol. The summed E-state index contributed by atoms with van der Waals surface area (Å²) in [6, 6.07) is 10.6. The largest absolute Gasteiger partial charge is 0.351 e. The maximum absolute atomic E-state index is 6.14. The van der Waals surface area contributed by atoms with Gasteiger partial charge in [0, 0.05) is 12.2 Å². The first-order valence-corrected chi connectivity index (χ1v) is 8.22. The van der Waals surface area contributed by atoms with Crippen LogP contribution in [0, 0.1) is 0 Å². The molecule has 22 heavy (non-hydrogen) atoms. The van der Waals surface area contributed by atoms with Crippen LogP contribution in [-0.4, -0.2) is 43.8 Å². The van der Waals surface area contributed by atoms with Crippen LogP contribution < -0.4 is 5.32 Å². The maximum atomic E-state index is 6.14. The molecule has 1 N–H and O–H groups in total. The van der Waals surface area contributed by atoms with E-state index in [4.69, 9.17) is 18.9 Å². The van der Waals surface area contributed by atoms with Crippen molar-refractivity contribution < 1.29 is 18.9 Å². The van der Waals surface area contributed by atoms with Crippen LogP contribution in [0.1, 0.15) is 31.6 Å². The molecule has 0 unspecified atom stereocenters. The van der Waals surface area contributed by atoms with Crippen molar-refractivity contribution in [1.29, 1.82) is 0 Å². The van der Waals surface area contributed by atoms with Gasteiger partial charge in [0.2, 0.25) is 0 Å². The van der Waals surface area contributed by atoms with E-state index in [0.717, 1.165) is 25.0 Å². The Morgan fingerprint density at radius 3 is 2.86 bits per heavy atom. The summed E-state index contributed by atoms with van der Waals surface area (Å²) >= 11 is 0. The molecule has 0 aliphatic carbocycles. The number of ether oxygens (including phenoxy) is 4. The molecule has 3 heterocycles. The minimum absolute atomic E-state index is 0.0370. The van der Waals surface area contributed by atoms with Crippen LogP contribution in [0.15, 0.2) is 30.3 Å². The van der Waals surface area contributed by atoms with Crippen LogP contribution in [0.2, 0.25) is 0 Å². The fourth-order valence-corrected chi connectivity index (χ4v) is 3.22. The lowest BCUT2D eigenvalue weighted by atomic mass is 10.0. The molecule has 0 radical (unpaired) electrons. The zero-order chi connectivity index (χ0) is 14.9. The molecule has 0 bridgehead atoms. The molecular formula is C17H23NO4. The molecule has 0 saturated carbocycles. The molecular weight excluding hydrogens is 282 g/mol. The second-order valence-corrected chi connectivity index (χ2v) is 6.16. The van der Waals surface area contributed by atoms with E-state index in [0.29, 0.717) is 12.6 Å². The molecule has 3 aliphatic rings. The van der Waals surface area contributed by atoms with E-state index in [1.54, 1.807) is 0 Å². The number of unbranched alkanes of at least 4 members (excludes halogenated alkanes) is 1. The van der Waals surface area contributed by atoms with Crippen LogP contribution >= 0.6 is 0 Å². The smallest absolute Gasteiger partial charge is 0.184 e. The Hall–Kier alpha value is -0.980. The summed E-state index contributed by atoms with van der Waals surface area (Å²) in [4.78, 5) is 0. The molecule has 1 aromatic carbocycles. The SMILES string of the molecule is CCCCO[C@H]1O[C@H]2CO[C@H](c3ccccc3)O[C@H]2[C@H]2N[C@@H]12. The van der Waals surface area contributed by atoms with Gasteiger partial charge in [-0.2, -0.15) is 0 Å². The highest BCUT2D eigenvalue weighted by Gasteiger charge is 2.58. The van der Waals surface area contributed by atoms with Gasteiger partial charge in [-0.1, -0.05) is 43.7 Å². The Kier molecular flexibility index (Phi) is 4.15. The second kappa shape index (κ2) is 6.26. The van der Waals surface area contributed by atoms with Crippen molar-refractivity contribution in [2.45, 2.75) is 56.6 Å². The molecule has 5 heteroatoms. The van der Waals surface area contributed by atoms with E-state index in [-0.39, 0.29) is 30.8 Å². The molecule has 120 valence electrons. The summed E-state index contributed by atoms with van der Waals surface area (Å²) in [7, 11) is 0. The first-order valence-electron chi connectivity index (χ1n) is 8.22. The number of rotatable bonds is 5. The topological polar surface area (TPSA) is 58.9 Å². The minimum atomic E-state index is -0.299. The fraction of sp³-hybridized carbons (Fsp3) is 0.647. The van der Waals surface area contributed by atoms with E-state index in [1.165, 1.54) is 0 Å². The summed E-state index contributed by atoms with van der Waals surface area (Å²) in [5.74, 6) is 0. The molecule has 6 atom stereocenters. The van der Waals surface area contributed by atoms with Crippen molar-refractivity contribution in [3.05, 3.63) is 35.9 Å². The van der Waals surface area contributed by atoms with Gasteiger partial charge >= 0.3 is 0 Å². The summed E-state index contributed by atoms with van der Waals surface area (Å²) in [5, 5.41) is 3.45. The number of nitrogens with one attached hydrogen (secondary N) is 1. The highest BCUT2D eigenvalue weighted by Crippen LogP contribution is 2.39. The standard InChI is InChI=1S/C17H23NO4/c1-2-3-9-19-17-14-13(18-14)15-12(21-17)10-20-16(22-15)11-7-5-4-6-8-11/h4-8,12-18H,2-3,9-10H2,1H3/t12-,13-,14+,15+,16-,17-/m0/s1. The van der Waals surface area contributed by atoms with Crippen molar-refractivity contribution in [3.8, 4) is 0 Å². The third-order valence-corrected chi connectivity index (χ3v) is 4.53. The third kappa shape index (κ3) is 2.79. The summed E-state index contributed by atoms with van der Waals surface area (Å²) < 4.78 is 23.9. The normalized spacial score (nSPS) is 39.9. The first kappa shape index (κ1) is 14.6. The van der Waals surface area contributed by atoms with Gasteiger partial charge in [0.05, 0.1) is 18.7 Å². The monoisotopic (exact) mass is 305 g/mol. The fourth-order valence-electron chi connectivity index (χ4n) is 3.22. The second-order valence-electron chi connectivity index (χ2n) is 6.16. The van der Waals surface area contributed by atoms with Crippen LogP contribution in [0.5, 0.6) is 0 Å². The molecule has 5 nitrogen and oxygen atoms in total. The van der Waals surface area contributed by atoms with Gasteiger partial charge in [-0.3, -0.25) is 0 Å². The quantitative estimate of drug-likeness (QED) is 0.666. The third-order valence-electron chi connectivity index (χ3n) is 4.53. The molecule has 0 spiro atoms. The zero-order valence-electron chi connectivity index (χ0n) is 12.8. The molecule has 3 aliphatic heterocycles. The van der Waals surface area contributed by atoms with Gasteiger partial charge in [0.15, 0.2) is 12.6 Å². The van der Waals surface area contributed by atoms with E-state index in [1.807, 2.05) is 30.3 Å². The van der Waals surface area contributed by atoms with Crippen molar-refractivity contribution in [1.82, 2.24) is 5.32 Å². The van der Waals surface area contributed by atoms with Crippen LogP contribution in [0.25, 0.3) is 0 Å². The highest BCUT2D eigenvalue weighted by molar-refractivity contribution is 5.18. The highest BCUT2D eigenvalue weighted by atomic mass is 16.7. The molecule has 0 amide bonds. The number of fused-ring (bicyclic) bond motifs is 3. The zero-order valence-corrected chi connectivity index (χ0v) is 12.8. The molecule has 3 saturated heterocycles. The van der Waals surface area contributed by atoms with E-state index < -0.39 is 0 Å². The summed E-state index contributed by atoms with van der Waals surface area (Å²) in [5.41, 5.74) is 1.06. The van der Waals surface area contributed by atoms with E-state index >= 15 is 0 Å². The Bertz CT molecular complexity index is 497. The average molecular weight is 305 g/mol. The van der Waals surface area contributed by atoms with Crippen molar-refractivity contribution in [3.63, 3.8) is 0 Å². The lowest BCUT2D eigenvalue weighted by Gasteiger charge is -2.40. The van der Waals surface area contributed by atoms with Gasteiger partial charge in [-0.05, 0) is 6.42 Å². The number of hydrogen-bond donors (Lipinski definition) is 1. The first-order chi connectivity index (χ1) is 10.9. The lowest BCUT2D eigenvalue weighted by Crippen LogP contribution is -2.52. The Morgan fingerprint density at radius 2 is 2.05 bits per heavy atom. The maximum Gasteiger partial charge on any atom is 0.184 e. The van der Waals surface area contributed by atoms with Crippen molar-refractivity contribution >= 4 is 0 Å². The minimum Gasteiger partial charge on any atom is -0.351 e. The van der Waals surface area contributed by atoms with Gasteiger partial charge in [0.25, 0.3) is 0 Å². The summed E-state index contributed by atoms with van der Waals surface area (Å²) in [6.45, 7) is 3.45. The average Bonchev–Trinajstić information content (AvgIpc) is 3.37. The van der Waals surface area contributed by atoms with Crippen molar-refractivity contribution in [2.75, 3.05) is 13.2 Å². The molecule has 3 fully saturated rings. The van der Waals surface area contributed by atoms with Gasteiger partial charge in [0.1, 0.15) is 12.2 Å². The van der Waals surface area contributed by atoms with Crippen LogP contribution in [0.3, 0.4) is 0 Å². The molecule has 1 aromatic rings. The van der Waals surface area contributed by atoms with Gasteiger partial charge in [-0.15, -0.1) is 0 Å². The van der Waals surface area contributed by atoms with Gasteiger partial charge < -0.3 is 24.3 Å². The Balaban J connectivity index is 1.38. The lowest BCUT2D eigenvalue weighted by molar-refractivity contribution is -0.307. The van der Waals surface area contributed by atoms with Crippen LogP contribution in [0.4, 0.5) is 0 Å².